The molecule has 4 aromatic heterocycles. The van der Waals surface area contributed by atoms with Crippen molar-refractivity contribution in [3.8, 4) is 11.6 Å². The number of aromatic nitrogens is 6. The summed E-state index contributed by atoms with van der Waals surface area (Å²) in [5.74, 6) is 0.0737. The van der Waals surface area contributed by atoms with Crippen molar-refractivity contribution in [2.75, 3.05) is 36.8 Å². The Hall–Kier alpha value is -4.06. The number of hydrogen-bond acceptors (Lipinski definition) is 8. The van der Waals surface area contributed by atoms with Crippen molar-refractivity contribution in [2.24, 2.45) is 0 Å². The van der Waals surface area contributed by atoms with Gasteiger partial charge in [0.1, 0.15) is 11.6 Å². The third-order valence-electron chi connectivity index (χ3n) is 6.46. The van der Waals surface area contributed by atoms with Gasteiger partial charge in [-0.15, -0.1) is 5.10 Å². The van der Waals surface area contributed by atoms with Crippen LogP contribution in [0.15, 0.2) is 47.2 Å². The lowest BCUT2D eigenvalue weighted by molar-refractivity contribution is 0.178. The maximum Gasteiger partial charge on any atom is 0.225 e. The highest BCUT2D eigenvalue weighted by Crippen LogP contribution is 2.25. The normalized spacial score (nSPS) is 15.9. The summed E-state index contributed by atoms with van der Waals surface area (Å²) in [6, 6.07) is 7.42. The monoisotopic (exact) mass is 479 g/mol. The van der Waals surface area contributed by atoms with Crippen LogP contribution in [0.2, 0.25) is 0 Å². The van der Waals surface area contributed by atoms with E-state index < -0.39 is 11.6 Å². The summed E-state index contributed by atoms with van der Waals surface area (Å²) in [6.45, 7) is 5.49. The van der Waals surface area contributed by atoms with Crippen LogP contribution >= 0.6 is 0 Å². The standard InChI is InChI=1S/C23H23F2N9O/c1-14(31-6-8-32(9-7-31)18-5-4-15(24)11-17(18)25)13-33-21-16(12-27-33)22-28-20(19-3-2-10-35-19)30-34(22)23(26)29-21/h2-5,10-12,14H,6-9,13H2,1H3,(H2,26,29). The molecule has 1 aromatic carbocycles. The zero-order chi connectivity index (χ0) is 24.1. The Morgan fingerprint density at radius 3 is 2.66 bits per heavy atom. The van der Waals surface area contributed by atoms with E-state index in [2.05, 4.69) is 32.0 Å². The Balaban J connectivity index is 1.20. The number of fused-ring (bicyclic) bond motifs is 3. The molecule has 0 amide bonds. The highest BCUT2D eigenvalue weighted by molar-refractivity contribution is 5.90. The van der Waals surface area contributed by atoms with Crippen molar-refractivity contribution >= 4 is 28.3 Å². The van der Waals surface area contributed by atoms with E-state index in [1.807, 2.05) is 9.58 Å². The third-order valence-corrected chi connectivity index (χ3v) is 6.46. The van der Waals surface area contributed by atoms with Crippen LogP contribution in [0.25, 0.3) is 28.3 Å². The van der Waals surface area contributed by atoms with E-state index in [0.29, 0.717) is 48.2 Å². The van der Waals surface area contributed by atoms with Gasteiger partial charge in [-0.2, -0.15) is 14.6 Å². The molecule has 6 rings (SSSR count). The SMILES string of the molecule is CC(Cn1ncc2c1nc(N)n1nc(-c3ccco3)nc21)N1CCN(c2ccc(F)cc2F)CC1. The molecule has 2 N–H and O–H groups in total. The van der Waals surface area contributed by atoms with Crippen molar-refractivity contribution < 1.29 is 13.2 Å². The van der Waals surface area contributed by atoms with Crippen molar-refractivity contribution in [1.82, 2.24) is 34.3 Å². The van der Waals surface area contributed by atoms with Gasteiger partial charge < -0.3 is 15.1 Å². The fraction of sp³-hybridized carbons (Fsp3) is 0.304. The van der Waals surface area contributed by atoms with Gasteiger partial charge in [0.2, 0.25) is 11.8 Å². The van der Waals surface area contributed by atoms with Crippen LogP contribution in [0.4, 0.5) is 20.4 Å². The maximum atomic E-state index is 14.2. The van der Waals surface area contributed by atoms with E-state index in [1.54, 1.807) is 24.6 Å². The van der Waals surface area contributed by atoms with Gasteiger partial charge >= 0.3 is 0 Å². The smallest absolute Gasteiger partial charge is 0.225 e. The summed E-state index contributed by atoms with van der Waals surface area (Å²) in [5.41, 5.74) is 7.82. The topological polar surface area (TPSA) is 107 Å². The van der Waals surface area contributed by atoms with Gasteiger partial charge in [0.05, 0.1) is 30.1 Å². The van der Waals surface area contributed by atoms with Crippen molar-refractivity contribution in [3.63, 3.8) is 0 Å². The Morgan fingerprint density at radius 2 is 1.91 bits per heavy atom. The zero-order valence-electron chi connectivity index (χ0n) is 19.0. The largest absolute Gasteiger partial charge is 0.461 e. The lowest BCUT2D eigenvalue weighted by Crippen LogP contribution is -2.50. The Kier molecular flexibility index (Phi) is 5.10. The van der Waals surface area contributed by atoms with E-state index in [1.165, 1.54) is 16.6 Å². The predicted molar refractivity (Wildman–Crippen MR) is 126 cm³/mol. The molecule has 10 nitrogen and oxygen atoms in total. The van der Waals surface area contributed by atoms with E-state index in [4.69, 9.17) is 10.2 Å². The number of hydrogen-bond donors (Lipinski definition) is 1. The molecule has 1 aliphatic rings. The molecule has 1 aliphatic heterocycles. The minimum atomic E-state index is -0.570. The van der Waals surface area contributed by atoms with E-state index in [-0.39, 0.29) is 12.0 Å². The summed E-state index contributed by atoms with van der Waals surface area (Å²) in [4.78, 5) is 13.4. The van der Waals surface area contributed by atoms with Crippen LogP contribution in [0, 0.1) is 11.6 Å². The van der Waals surface area contributed by atoms with Gasteiger partial charge in [-0.05, 0) is 31.2 Å². The molecule has 180 valence electrons. The molecule has 5 heterocycles. The number of nitrogens with zero attached hydrogens (tertiary/aromatic N) is 8. The number of anilines is 2. The Morgan fingerprint density at radius 1 is 1.09 bits per heavy atom. The van der Waals surface area contributed by atoms with Gasteiger partial charge in [0.15, 0.2) is 17.1 Å². The van der Waals surface area contributed by atoms with Crippen molar-refractivity contribution in [3.05, 3.63) is 54.4 Å². The highest BCUT2D eigenvalue weighted by Gasteiger charge is 2.25. The summed E-state index contributed by atoms with van der Waals surface area (Å²) < 4.78 is 36.1. The second kappa shape index (κ2) is 8.31. The van der Waals surface area contributed by atoms with Crippen LogP contribution in [-0.2, 0) is 6.54 Å². The molecule has 0 radical (unpaired) electrons. The molecule has 1 unspecified atom stereocenters. The summed E-state index contributed by atoms with van der Waals surface area (Å²) in [7, 11) is 0. The highest BCUT2D eigenvalue weighted by atomic mass is 19.1. The van der Waals surface area contributed by atoms with Gasteiger partial charge in [0, 0.05) is 38.3 Å². The van der Waals surface area contributed by atoms with Crippen molar-refractivity contribution in [1.29, 1.82) is 0 Å². The molecule has 0 aliphatic carbocycles. The van der Waals surface area contributed by atoms with E-state index in [0.717, 1.165) is 24.5 Å². The second-order valence-electron chi connectivity index (χ2n) is 8.65. The average Bonchev–Trinajstić information content (AvgIpc) is 3.59. The first-order chi connectivity index (χ1) is 17.0. The maximum absolute atomic E-state index is 14.2. The lowest BCUT2D eigenvalue weighted by atomic mass is 10.2. The fourth-order valence-electron chi connectivity index (χ4n) is 4.61. The van der Waals surface area contributed by atoms with Crippen LogP contribution in [0.1, 0.15) is 6.92 Å². The number of halogens is 2. The minimum absolute atomic E-state index is 0.147. The van der Waals surface area contributed by atoms with E-state index >= 15 is 0 Å². The third kappa shape index (κ3) is 3.75. The molecule has 5 aromatic rings. The molecule has 1 saturated heterocycles. The Labute approximate surface area is 198 Å². The lowest BCUT2D eigenvalue weighted by Gasteiger charge is -2.39. The molecular formula is C23H23F2N9O. The van der Waals surface area contributed by atoms with Crippen LogP contribution in [0.5, 0.6) is 0 Å². The first-order valence-corrected chi connectivity index (χ1v) is 11.3. The van der Waals surface area contributed by atoms with Crippen LogP contribution in [0.3, 0.4) is 0 Å². The average molecular weight is 479 g/mol. The van der Waals surface area contributed by atoms with Crippen LogP contribution in [-0.4, -0.2) is 66.5 Å². The number of nitrogens with two attached hydrogens (primary N) is 1. The number of nitrogen functional groups attached to an aromatic ring is 1. The molecule has 1 fully saturated rings. The second-order valence-corrected chi connectivity index (χ2v) is 8.65. The van der Waals surface area contributed by atoms with Gasteiger partial charge in [-0.1, -0.05) is 0 Å². The number of furan rings is 1. The molecule has 35 heavy (non-hydrogen) atoms. The number of benzene rings is 1. The summed E-state index contributed by atoms with van der Waals surface area (Å²) in [5, 5.41) is 9.71. The molecule has 12 heteroatoms. The number of piperazine rings is 1. The molecular weight excluding hydrogens is 456 g/mol. The van der Waals surface area contributed by atoms with Crippen LogP contribution < -0.4 is 10.6 Å². The number of rotatable bonds is 5. The van der Waals surface area contributed by atoms with Gasteiger partial charge in [-0.25, -0.2) is 18.4 Å². The quantitative estimate of drug-likeness (QED) is 0.410. The predicted octanol–water partition coefficient (Wildman–Crippen LogP) is 2.81. The first-order valence-electron chi connectivity index (χ1n) is 11.3. The van der Waals surface area contributed by atoms with Crippen molar-refractivity contribution in [2.45, 2.75) is 19.5 Å². The zero-order valence-corrected chi connectivity index (χ0v) is 19.0. The molecule has 1 atom stereocenters. The van der Waals surface area contributed by atoms with Gasteiger partial charge in [-0.3, -0.25) is 4.90 Å². The summed E-state index contributed by atoms with van der Waals surface area (Å²) >= 11 is 0. The minimum Gasteiger partial charge on any atom is -0.461 e. The fourth-order valence-corrected chi connectivity index (χ4v) is 4.61. The summed E-state index contributed by atoms with van der Waals surface area (Å²) in [6.07, 6.45) is 3.29. The van der Waals surface area contributed by atoms with Gasteiger partial charge in [0.25, 0.3) is 0 Å². The Bertz CT molecular complexity index is 1500. The van der Waals surface area contributed by atoms with E-state index in [9.17, 15) is 8.78 Å². The molecule has 0 spiro atoms. The molecule has 0 bridgehead atoms. The first kappa shape index (κ1) is 21.5. The molecule has 0 saturated carbocycles.